The van der Waals surface area contributed by atoms with Gasteiger partial charge in [-0.1, -0.05) is 11.8 Å². The van der Waals surface area contributed by atoms with Gasteiger partial charge in [-0.25, -0.2) is 4.68 Å². The van der Waals surface area contributed by atoms with Crippen LogP contribution in [0.3, 0.4) is 0 Å². The molecule has 1 atom stereocenters. The van der Waals surface area contributed by atoms with Crippen molar-refractivity contribution in [3.05, 3.63) is 0 Å². The third-order valence-corrected chi connectivity index (χ3v) is 3.60. The molecule has 2 rings (SSSR count). The summed E-state index contributed by atoms with van der Waals surface area (Å²) < 4.78 is 1.97. The van der Waals surface area contributed by atoms with Crippen molar-refractivity contribution in [2.24, 2.45) is 0 Å². The Bertz CT molecular complexity index is 309. The van der Waals surface area contributed by atoms with E-state index in [1.54, 1.807) is 11.8 Å². The third kappa shape index (κ3) is 2.92. The first-order valence-electron chi connectivity index (χ1n) is 5.39. The zero-order valence-electron chi connectivity index (χ0n) is 9.18. The molecule has 0 bridgehead atoms. The molecule has 1 unspecified atom stereocenters. The summed E-state index contributed by atoms with van der Waals surface area (Å²) in [6.07, 6.45) is 3.59. The van der Waals surface area contributed by atoms with E-state index in [1.165, 1.54) is 12.8 Å². The van der Waals surface area contributed by atoms with Crippen molar-refractivity contribution >= 4 is 11.8 Å². The van der Waals surface area contributed by atoms with Gasteiger partial charge < -0.3 is 5.32 Å². The highest BCUT2D eigenvalue weighted by atomic mass is 32.2. The van der Waals surface area contributed by atoms with Crippen LogP contribution in [0.2, 0.25) is 0 Å². The Kier molecular flexibility index (Phi) is 3.58. The standard InChI is InChI=1S/C9H17N5S/c1-7(10-2)5-6-15-9-11-12-13-14(9)8-3-4-8/h7-8,10H,3-6H2,1-2H3. The molecule has 5 nitrogen and oxygen atoms in total. The van der Waals surface area contributed by atoms with Gasteiger partial charge in [0.05, 0.1) is 6.04 Å². The molecule has 1 N–H and O–H groups in total. The van der Waals surface area contributed by atoms with E-state index in [-0.39, 0.29) is 0 Å². The Morgan fingerprint density at radius 2 is 2.40 bits per heavy atom. The van der Waals surface area contributed by atoms with E-state index in [0.29, 0.717) is 12.1 Å². The van der Waals surface area contributed by atoms with Crippen molar-refractivity contribution in [3.63, 3.8) is 0 Å². The second-order valence-corrected chi connectivity index (χ2v) is 5.03. The summed E-state index contributed by atoms with van der Waals surface area (Å²) in [7, 11) is 1.99. The minimum absolute atomic E-state index is 0.558. The van der Waals surface area contributed by atoms with Crippen molar-refractivity contribution in [1.82, 2.24) is 25.5 Å². The van der Waals surface area contributed by atoms with Crippen LogP contribution < -0.4 is 5.32 Å². The Morgan fingerprint density at radius 1 is 1.60 bits per heavy atom. The number of nitrogens with one attached hydrogen (secondary N) is 1. The molecule has 0 aromatic carbocycles. The van der Waals surface area contributed by atoms with Crippen molar-refractivity contribution < 1.29 is 0 Å². The number of aromatic nitrogens is 4. The van der Waals surface area contributed by atoms with E-state index in [4.69, 9.17) is 0 Å². The van der Waals surface area contributed by atoms with Crippen LogP contribution >= 0.6 is 11.8 Å². The molecule has 0 aliphatic heterocycles. The van der Waals surface area contributed by atoms with Gasteiger partial charge in [0.25, 0.3) is 0 Å². The number of thioether (sulfide) groups is 1. The Morgan fingerprint density at radius 3 is 3.07 bits per heavy atom. The fourth-order valence-electron chi connectivity index (χ4n) is 1.30. The summed E-state index contributed by atoms with van der Waals surface area (Å²) in [6.45, 7) is 2.18. The molecule has 0 saturated heterocycles. The second kappa shape index (κ2) is 4.94. The van der Waals surface area contributed by atoms with Crippen molar-refractivity contribution in [2.75, 3.05) is 12.8 Å². The van der Waals surface area contributed by atoms with Gasteiger partial charge in [0.2, 0.25) is 5.16 Å². The number of tetrazole rings is 1. The molecule has 1 aromatic heterocycles. The second-order valence-electron chi connectivity index (χ2n) is 3.96. The first-order valence-corrected chi connectivity index (χ1v) is 6.37. The summed E-state index contributed by atoms with van der Waals surface area (Å²) in [4.78, 5) is 0. The molecule has 0 spiro atoms. The lowest BCUT2D eigenvalue weighted by molar-refractivity contribution is 0.563. The van der Waals surface area contributed by atoms with Crippen molar-refractivity contribution in [2.45, 2.75) is 43.4 Å². The Labute approximate surface area is 94.0 Å². The van der Waals surface area contributed by atoms with Gasteiger partial charge >= 0.3 is 0 Å². The zero-order valence-corrected chi connectivity index (χ0v) is 10.00. The van der Waals surface area contributed by atoms with Crippen LogP contribution in [-0.2, 0) is 0 Å². The van der Waals surface area contributed by atoms with Crippen molar-refractivity contribution in [3.8, 4) is 0 Å². The average molecular weight is 227 g/mol. The van der Waals surface area contributed by atoms with Crippen LogP contribution in [-0.4, -0.2) is 39.0 Å². The largest absolute Gasteiger partial charge is 0.317 e. The monoisotopic (exact) mass is 227 g/mol. The van der Waals surface area contributed by atoms with E-state index in [2.05, 4.69) is 27.8 Å². The van der Waals surface area contributed by atoms with Crippen LogP contribution in [0.5, 0.6) is 0 Å². The predicted molar refractivity (Wildman–Crippen MR) is 60.0 cm³/mol. The summed E-state index contributed by atoms with van der Waals surface area (Å²) in [5.41, 5.74) is 0. The lowest BCUT2D eigenvalue weighted by atomic mass is 10.3. The highest BCUT2D eigenvalue weighted by Gasteiger charge is 2.27. The maximum Gasteiger partial charge on any atom is 0.209 e. The maximum atomic E-state index is 4.04. The van der Waals surface area contributed by atoms with Crippen LogP contribution in [0.1, 0.15) is 32.2 Å². The quantitative estimate of drug-likeness (QED) is 0.737. The topological polar surface area (TPSA) is 55.6 Å². The maximum absolute atomic E-state index is 4.04. The highest BCUT2D eigenvalue weighted by Crippen LogP contribution is 2.36. The predicted octanol–water partition coefficient (Wildman–Crippen LogP) is 1.10. The third-order valence-electron chi connectivity index (χ3n) is 2.63. The molecule has 0 amide bonds. The molecule has 84 valence electrons. The van der Waals surface area contributed by atoms with Crippen LogP contribution in [0.4, 0.5) is 0 Å². The van der Waals surface area contributed by atoms with E-state index in [9.17, 15) is 0 Å². The minimum Gasteiger partial charge on any atom is -0.317 e. The van der Waals surface area contributed by atoms with Crippen LogP contribution in [0, 0.1) is 0 Å². The molecule has 1 aromatic rings. The summed E-state index contributed by atoms with van der Waals surface area (Å²) >= 11 is 1.75. The number of rotatable bonds is 6. The lowest BCUT2D eigenvalue weighted by Crippen LogP contribution is -2.21. The first-order chi connectivity index (χ1) is 7.31. The Hall–Kier alpha value is -0.620. The van der Waals surface area contributed by atoms with Crippen molar-refractivity contribution in [1.29, 1.82) is 0 Å². The number of hydrogen-bond donors (Lipinski definition) is 1. The summed E-state index contributed by atoms with van der Waals surface area (Å²) in [6, 6.07) is 1.13. The summed E-state index contributed by atoms with van der Waals surface area (Å²) in [5.74, 6) is 1.06. The molecular weight excluding hydrogens is 210 g/mol. The molecule has 6 heteroatoms. The Balaban J connectivity index is 1.80. The van der Waals surface area contributed by atoms with Gasteiger partial charge in [-0.05, 0) is 43.7 Å². The molecule has 1 aliphatic carbocycles. The van der Waals surface area contributed by atoms with E-state index in [0.717, 1.165) is 17.3 Å². The van der Waals surface area contributed by atoms with Gasteiger partial charge in [0.15, 0.2) is 0 Å². The van der Waals surface area contributed by atoms with Crippen LogP contribution in [0.25, 0.3) is 0 Å². The van der Waals surface area contributed by atoms with Crippen LogP contribution in [0.15, 0.2) is 5.16 Å². The van der Waals surface area contributed by atoms with Gasteiger partial charge in [-0.2, -0.15) is 0 Å². The number of hydrogen-bond acceptors (Lipinski definition) is 5. The fraction of sp³-hybridized carbons (Fsp3) is 0.889. The molecular formula is C9H17N5S. The number of nitrogens with zero attached hydrogens (tertiary/aromatic N) is 4. The SMILES string of the molecule is CNC(C)CCSc1nnnn1C1CC1. The molecule has 1 fully saturated rings. The van der Waals surface area contributed by atoms with Gasteiger partial charge in [0, 0.05) is 11.8 Å². The zero-order chi connectivity index (χ0) is 10.7. The smallest absolute Gasteiger partial charge is 0.209 e. The minimum atomic E-state index is 0.558. The van der Waals surface area contributed by atoms with E-state index in [1.807, 2.05) is 11.7 Å². The first kappa shape index (κ1) is 10.9. The highest BCUT2D eigenvalue weighted by molar-refractivity contribution is 7.99. The van der Waals surface area contributed by atoms with Gasteiger partial charge in [0.1, 0.15) is 0 Å². The molecule has 15 heavy (non-hydrogen) atoms. The average Bonchev–Trinajstić information content (AvgIpc) is 2.99. The lowest BCUT2D eigenvalue weighted by Gasteiger charge is -2.08. The van der Waals surface area contributed by atoms with E-state index < -0.39 is 0 Å². The van der Waals surface area contributed by atoms with E-state index >= 15 is 0 Å². The molecule has 1 heterocycles. The molecule has 1 aliphatic rings. The van der Waals surface area contributed by atoms with Gasteiger partial charge in [-0.3, -0.25) is 0 Å². The normalized spacial score (nSPS) is 18.0. The molecule has 0 radical (unpaired) electrons. The van der Waals surface area contributed by atoms with Gasteiger partial charge in [-0.15, -0.1) is 5.10 Å². The fourth-order valence-corrected chi connectivity index (χ4v) is 2.37. The summed E-state index contributed by atoms with van der Waals surface area (Å²) in [5, 5.41) is 16.0. The molecule has 1 saturated carbocycles.